The van der Waals surface area contributed by atoms with Crippen molar-refractivity contribution in [1.29, 1.82) is 0 Å². The van der Waals surface area contributed by atoms with Crippen molar-refractivity contribution in [2.75, 3.05) is 12.4 Å². The molecule has 3 aromatic rings. The molecule has 0 saturated carbocycles. The Bertz CT molecular complexity index is 1270. The highest BCUT2D eigenvalue weighted by Gasteiger charge is 2.15. The quantitative estimate of drug-likeness (QED) is 0.170. The van der Waals surface area contributed by atoms with Gasteiger partial charge in [0.25, 0.3) is 0 Å². The number of nitrogens with zero attached hydrogens (tertiary/aromatic N) is 1. The Labute approximate surface area is 203 Å². The maximum Gasteiger partial charge on any atom is 0.343 e. The second kappa shape index (κ2) is 11.3. The number of hydrazone groups is 1. The predicted octanol–water partition coefficient (Wildman–Crippen LogP) is 4.45. The number of ether oxygens (including phenoxy) is 2. The van der Waals surface area contributed by atoms with Crippen LogP contribution in [0.15, 0.2) is 65.8 Å². The van der Waals surface area contributed by atoms with Crippen molar-refractivity contribution in [1.82, 2.24) is 5.43 Å². The first-order valence-electron chi connectivity index (χ1n) is 9.52. The van der Waals surface area contributed by atoms with E-state index in [0.29, 0.717) is 10.6 Å². The van der Waals surface area contributed by atoms with Gasteiger partial charge in [0.15, 0.2) is 11.5 Å². The number of hydrogen-bond acceptors (Lipinski definition) is 6. The van der Waals surface area contributed by atoms with Crippen molar-refractivity contribution >= 4 is 52.9 Å². The third-order valence-electron chi connectivity index (χ3n) is 4.23. The molecule has 0 bridgehead atoms. The number of amides is 2. The van der Waals surface area contributed by atoms with E-state index in [1.165, 1.54) is 55.8 Å². The Kier molecular flexibility index (Phi) is 8.18. The third kappa shape index (κ3) is 6.53. The molecule has 11 heteroatoms. The Hall–Kier alpha value is -3.95. The Morgan fingerprint density at radius 1 is 0.912 bits per heavy atom. The van der Waals surface area contributed by atoms with Crippen molar-refractivity contribution < 1.29 is 28.2 Å². The molecule has 0 aliphatic heterocycles. The highest BCUT2D eigenvalue weighted by molar-refractivity contribution is 6.42. The second-order valence-corrected chi connectivity index (χ2v) is 7.40. The van der Waals surface area contributed by atoms with Crippen LogP contribution >= 0.6 is 23.2 Å². The summed E-state index contributed by atoms with van der Waals surface area (Å²) in [5, 5.41) is 6.54. The van der Waals surface area contributed by atoms with Crippen LogP contribution in [-0.2, 0) is 9.59 Å². The number of nitrogens with one attached hydrogen (secondary N) is 2. The van der Waals surface area contributed by atoms with Crippen molar-refractivity contribution in [3.63, 3.8) is 0 Å². The van der Waals surface area contributed by atoms with Gasteiger partial charge in [-0.25, -0.2) is 14.6 Å². The summed E-state index contributed by atoms with van der Waals surface area (Å²) in [4.78, 5) is 36.1. The van der Waals surface area contributed by atoms with Crippen LogP contribution in [0.4, 0.5) is 10.1 Å². The number of methoxy groups -OCH3 is 1. The lowest BCUT2D eigenvalue weighted by Gasteiger charge is -2.10. The van der Waals surface area contributed by atoms with Gasteiger partial charge in [0.1, 0.15) is 5.82 Å². The van der Waals surface area contributed by atoms with Gasteiger partial charge in [0.2, 0.25) is 0 Å². The summed E-state index contributed by atoms with van der Waals surface area (Å²) in [6.45, 7) is 0. The molecule has 0 spiro atoms. The normalized spacial score (nSPS) is 10.6. The number of benzene rings is 3. The molecule has 2 N–H and O–H groups in total. The number of rotatable bonds is 6. The van der Waals surface area contributed by atoms with Crippen molar-refractivity contribution in [3.05, 3.63) is 87.7 Å². The van der Waals surface area contributed by atoms with Crippen LogP contribution in [0.5, 0.6) is 11.5 Å². The molecule has 0 radical (unpaired) electrons. The van der Waals surface area contributed by atoms with Gasteiger partial charge in [-0.3, -0.25) is 9.59 Å². The van der Waals surface area contributed by atoms with Gasteiger partial charge in [-0.05, 0) is 66.2 Å². The monoisotopic (exact) mass is 503 g/mol. The SMILES string of the molecule is COc1cc(/C=N\NC(=O)C(=O)Nc2ccc(F)cc2)ccc1OC(=O)c1ccc(Cl)c(Cl)c1. The third-order valence-corrected chi connectivity index (χ3v) is 4.97. The molecule has 3 aromatic carbocycles. The molecule has 34 heavy (non-hydrogen) atoms. The first kappa shape index (κ1) is 24.7. The highest BCUT2D eigenvalue weighted by Crippen LogP contribution is 2.29. The minimum Gasteiger partial charge on any atom is -0.493 e. The minimum absolute atomic E-state index is 0.137. The second-order valence-electron chi connectivity index (χ2n) is 6.59. The molecule has 174 valence electrons. The molecular formula is C23H16Cl2FN3O5. The van der Waals surface area contributed by atoms with Crippen molar-refractivity contribution in [2.45, 2.75) is 0 Å². The molecule has 0 heterocycles. The van der Waals surface area contributed by atoms with Gasteiger partial charge < -0.3 is 14.8 Å². The average molecular weight is 504 g/mol. The standard InChI is InChI=1S/C23H16Cl2FN3O5/c1-33-20-10-13(2-9-19(20)34-23(32)14-3-8-17(24)18(25)11-14)12-27-29-22(31)21(30)28-16-6-4-15(26)5-7-16/h2-12H,1H3,(H,28,30)(H,29,31)/b27-12-. The fraction of sp³-hybridized carbons (Fsp3) is 0.0435. The van der Waals surface area contributed by atoms with Gasteiger partial charge in [-0.2, -0.15) is 5.10 Å². The number of hydrogen-bond donors (Lipinski definition) is 2. The van der Waals surface area contributed by atoms with Gasteiger partial charge in [-0.1, -0.05) is 23.2 Å². The average Bonchev–Trinajstić information content (AvgIpc) is 2.82. The minimum atomic E-state index is -1.03. The smallest absolute Gasteiger partial charge is 0.343 e. The van der Waals surface area contributed by atoms with E-state index in [4.69, 9.17) is 32.7 Å². The van der Waals surface area contributed by atoms with Crippen molar-refractivity contribution in [3.8, 4) is 11.5 Å². The highest BCUT2D eigenvalue weighted by atomic mass is 35.5. The molecule has 0 atom stereocenters. The van der Waals surface area contributed by atoms with Crippen LogP contribution in [0.3, 0.4) is 0 Å². The summed E-state index contributed by atoms with van der Waals surface area (Å²) in [6.07, 6.45) is 1.26. The van der Waals surface area contributed by atoms with Gasteiger partial charge >= 0.3 is 17.8 Å². The van der Waals surface area contributed by atoms with Gasteiger partial charge in [0, 0.05) is 5.69 Å². The molecule has 8 nitrogen and oxygen atoms in total. The topological polar surface area (TPSA) is 106 Å². The molecular weight excluding hydrogens is 488 g/mol. The van der Waals surface area contributed by atoms with E-state index in [-0.39, 0.29) is 27.8 Å². The van der Waals surface area contributed by atoms with Gasteiger partial charge in [0.05, 0.1) is 28.9 Å². The number of anilines is 1. The van der Waals surface area contributed by atoms with E-state index in [0.717, 1.165) is 12.1 Å². The van der Waals surface area contributed by atoms with Crippen LogP contribution in [0, 0.1) is 5.82 Å². The molecule has 2 amide bonds. The number of esters is 1. The van der Waals surface area contributed by atoms with Crippen LogP contribution in [-0.4, -0.2) is 31.1 Å². The lowest BCUT2D eigenvalue weighted by Crippen LogP contribution is -2.32. The fourth-order valence-electron chi connectivity index (χ4n) is 2.57. The molecule has 0 saturated heterocycles. The summed E-state index contributed by atoms with van der Waals surface area (Å²) in [7, 11) is 1.38. The van der Waals surface area contributed by atoms with E-state index in [1.54, 1.807) is 6.07 Å². The predicted molar refractivity (Wildman–Crippen MR) is 125 cm³/mol. The Balaban J connectivity index is 1.61. The summed E-state index contributed by atoms with van der Waals surface area (Å²) < 4.78 is 23.5. The van der Waals surface area contributed by atoms with Crippen LogP contribution in [0.2, 0.25) is 10.0 Å². The zero-order valence-corrected chi connectivity index (χ0v) is 19.0. The fourth-order valence-corrected chi connectivity index (χ4v) is 2.87. The molecule has 0 aliphatic carbocycles. The summed E-state index contributed by atoms with van der Waals surface area (Å²) in [5.74, 6) is -2.79. The molecule has 0 aliphatic rings. The van der Waals surface area contributed by atoms with Crippen LogP contribution in [0.1, 0.15) is 15.9 Å². The zero-order valence-electron chi connectivity index (χ0n) is 17.5. The van der Waals surface area contributed by atoms with Crippen molar-refractivity contribution in [2.24, 2.45) is 5.10 Å². The van der Waals surface area contributed by atoms with Gasteiger partial charge in [-0.15, -0.1) is 0 Å². The summed E-state index contributed by atoms with van der Waals surface area (Å²) >= 11 is 11.8. The molecule has 0 aromatic heterocycles. The van der Waals surface area contributed by atoms with E-state index < -0.39 is 23.6 Å². The van der Waals surface area contributed by atoms with E-state index in [9.17, 15) is 18.8 Å². The first-order valence-corrected chi connectivity index (χ1v) is 10.3. The number of carbonyl (C=O) groups is 3. The van der Waals surface area contributed by atoms with E-state index in [2.05, 4.69) is 15.8 Å². The van der Waals surface area contributed by atoms with E-state index in [1.807, 2.05) is 0 Å². The maximum absolute atomic E-state index is 12.9. The van der Waals surface area contributed by atoms with Crippen LogP contribution in [0.25, 0.3) is 0 Å². The molecule has 0 unspecified atom stereocenters. The Morgan fingerprint density at radius 2 is 1.65 bits per heavy atom. The zero-order chi connectivity index (χ0) is 24.7. The number of halogens is 3. The number of carbonyl (C=O) groups excluding carboxylic acids is 3. The molecule has 0 fully saturated rings. The molecule has 3 rings (SSSR count). The Morgan fingerprint density at radius 3 is 2.32 bits per heavy atom. The van der Waals surface area contributed by atoms with E-state index >= 15 is 0 Å². The first-order chi connectivity index (χ1) is 16.3. The largest absolute Gasteiger partial charge is 0.493 e. The maximum atomic E-state index is 12.9. The summed E-state index contributed by atoms with van der Waals surface area (Å²) in [6, 6.07) is 13.8. The van der Waals surface area contributed by atoms with Crippen LogP contribution < -0.4 is 20.2 Å². The lowest BCUT2D eigenvalue weighted by molar-refractivity contribution is -0.136. The summed E-state index contributed by atoms with van der Waals surface area (Å²) in [5.41, 5.74) is 3.00. The lowest BCUT2D eigenvalue weighted by atomic mass is 10.2.